The fourth-order valence-corrected chi connectivity index (χ4v) is 2.96. The van der Waals surface area contributed by atoms with Gasteiger partial charge < -0.3 is 5.32 Å². The van der Waals surface area contributed by atoms with Gasteiger partial charge in [-0.2, -0.15) is 11.8 Å². The van der Waals surface area contributed by atoms with Gasteiger partial charge in [0.1, 0.15) is 0 Å². The molecule has 1 unspecified atom stereocenters. The predicted molar refractivity (Wildman–Crippen MR) is 72.3 cm³/mol. The van der Waals surface area contributed by atoms with Gasteiger partial charge in [-0.05, 0) is 38.7 Å². The van der Waals surface area contributed by atoms with Crippen LogP contribution in [0.5, 0.6) is 0 Å². The minimum absolute atomic E-state index is 0.522. The molecule has 1 rings (SSSR count). The summed E-state index contributed by atoms with van der Waals surface area (Å²) in [4.78, 5) is 5.79. The van der Waals surface area contributed by atoms with Crippen molar-refractivity contribution in [2.75, 3.05) is 16.8 Å². The summed E-state index contributed by atoms with van der Waals surface area (Å²) in [7, 11) is 0. The first-order valence-electron chi connectivity index (χ1n) is 5.41. The van der Waals surface area contributed by atoms with Crippen molar-refractivity contribution in [2.45, 2.75) is 40.2 Å². The molecule has 0 radical (unpaired) electrons. The Morgan fingerprint density at radius 3 is 2.73 bits per heavy atom. The van der Waals surface area contributed by atoms with E-state index in [0.29, 0.717) is 6.04 Å². The van der Waals surface area contributed by atoms with Crippen LogP contribution >= 0.6 is 23.1 Å². The monoisotopic (exact) mass is 244 g/mol. The molecule has 1 aromatic rings. The highest BCUT2D eigenvalue weighted by Gasteiger charge is 2.06. The third-order valence-electron chi connectivity index (χ3n) is 2.30. The van der Waals surface area contributed by atoms with Crippen LogP contribution in [0.15, 0.2) is 0 Å². The van der Waals surface area contributed by atoms with Crippen molar-refractivity contribution >= 4 is 28.2 Å². The van der Waals surface area contributed by atoms with Crippen LogP contribution < -0.4 is 5.32 Å². The highest BCUT2D eigenvalue weighted by atomic mass is 32.2. The Morgan fingerprint density at radius 2 is 2.20 bits per heavy atom. The molecule has 1 atom stereocenters. The maximum Gasteiger partial charge on any atom is 0.183 e. The van der Waals surface area contributed by atoms with E-state index < -0.39 is 0 Å². The lowest BCUT2D eigenvalue weighted by atomic mass is 10.3. The van der Waals surface area contributed by atoms with Gasteiger partial charge in [0.2, 0.25) is 0 Å². The first-order chi connectivity index (χ1) is 7.13. The van der Waals surface area contributed by atoms with E-state index in [2.05, 4.69) is 38.0 Å². The van der Waals surface area contributed by atoms with Crippen LogP contribution in [0.3, 0.4) is 0 Å². The number of aromatic nitrogens is 1. The summed E-state index contributed by atoms with van der Waals surface area (Å²) < 4.78 is 0. The molecule has 15 heavy (non-hydrogen) atoms. The average molecular weight is 244 g/mol. The van der Waals surface area contributed by atoms with E-state index in [4.69, 9.17) is 0 Å². The van der Waals surface area contributed by atoms with Gasteiger partial charge in [0.25, 0.3) is 0 Å². The van der Waals surface area contributed by atoms with Crippen LogP contribution in [-0.2, 0) is 0 Å². The number of hydrogen-bond acceptors (Lipinski definition) is 4. The van der Waals surface area contributed by atoms with E-state index in [1.165, 1.54) is 22.8 Å². The lowest BCUT2D eigenvalue weighted by Gasteiger charge is -2.11. The van der Waals surface area contributed by atoms with E-state index in [1.54, 1.807) is 11.3 Å². The first kappa shape index (κ1) is 12.8. The van der Waals surface area contributed by atoms with E-state index in [0.717, 1.165) is 10.8 Å². The fourth-order valence-electron chi connectivity index (χ4n) is 1.22. The van der Waals surface area contributed by atoms with Crippen LogP contribution in [0.1, 0.15) is 30.8 Å². The van der Waals surface area contributed by atoms with Crippen molar-refractivity contribution in [3.05, 3.63) is 10.6 Å². The van der Waals surface area contributed by atoms with Gasteiger partial charge in [0.15, 0.2) is 5.13 Å². The number of aryl methyl sites for hydroxylation is 2. The highest BCUT2D eigenvalue weighted by Crippen LogP contribution is 2.22. The number of thiazole rings is 1. The summed E-state index contributed by atoms with van der Waals surface area (Å²) in [6, 6.07) is 0.522. The molecule has 1 N–H and O–H groups in total. The van der Waals surface area contributed by atoms with Crippen molar-refractivity contribution in [1.82, 2.24) is 4.98 Å². The molecule has 1 aromatic heterocycles. The average Bonchev–Trinajstić information content (AvgIpc) is 2.46. The Kier molecular flexibility index (Phi) is 5.47. The van der Waals surface area contributed by atoms with Crippen molar-refractivity contribution in [1.29, 1.82) is 0 Å². The molecular weight excluding hydrogens is 224 g/mol. The van der Waals surface area contributed by atoms with Crippen LogP contribution in [0.2, 0.25) is 0 Å². The topological polar surface area (TPSA) is 24.9 Å². The number of thioether (sulfide) groups is 1. The molecule has 0 aliphatic carbocycles. The minimum Gasteiger partial charge on any atom is -0.359 e. The number of anilines is 1. The van der Waals surface area contributed by atoms with Crippen molar-refractivity contribution in [3.8, 4) is 0 Å². The zero-order chi connectivity index (χ0) is 11.3. The molecule has 0 aliphatic rings. The molecule has 86 valence electrons. The number of nitrogens with zero attached hydrogens (tertiary/aromatic N) is 1. The van der Waals surface area contributed by atoms with Gasteiger partial charge >= 0.3 is 0 Å². The van der Waals surface area contributed by atoms with Gasteiger partial charge in [0.05, 0.1) is 5.69 Å². The van der Waals surface area contributed by atoms with Gasteiger partial charge in [-0.15, -0.1) is 11.3 Å². The summed E-state index contributed by atoms with van der Waals surface area (Å²) in [5, 5.41) is 4.53. The third kappa shape index (κ3) is 4.43. The van der Waals surface area contributed by atoms with Gasteiger partial charge in [-0.3, -0.25) is 0 Å². The Hall–Kier alpha value is -0.220. The highest BCUT2D eigenvalue weighted by molar-refractivity contribution is 7.99. The maximum atomic E-state index is 4.48. The van der Waals surface area contributed by atoms with E-state index in [-0.39, 0.29) is 0 Å². The molecule has 0 spiro atoms. The van der Waals surface area contributed by atoms with Crippen molar-refractivity contribution < 1.29 is 0 Å². The Balaban J connectivity index is 2.34. The molecule has 0 aromatic carbocycles. The lowest BCUT2D eigenvalue weighted by molar-refractivity contribution is 0.770. The van der Waals surface area contributed by atoms with Crippen LogP contribution in [0.4, 0.5) is 5.13 Å². The largest absolute Gasteiger partial charge is 0.359 e. The predicted octanol–water partition coefficient (Wildman–Crippen LogP) is 3.70. The molecule has 0 aliphatic heterocycles. The molecule has 1 heterocycles. The molecule has 4 heteroatoms. The SMILES string of the molecule is CCSCCC(C)Nc1nc(C)c(C)s1. The smallest absolute Gasteiger partial charge is 0.183 e. The van der Waals surface area contributed by atoms with Crippen molar-refractivity contribution in [3.63, 3.8) is 0 Å². The zero-order valence-electron chi connectivity index (χ0n) is 9.96. The van der Waals surface area contributed by atoms with Gasteiger partial charge in [-0.25, -0.2) is 4.98 Å². The molecule has 0 bridgehead atoms. The number of nitrogens with one attached hydrogen (secondary N) is 1. The van der Waals surface area contributed by atoms with E-state index >= 15 is 0 Å². The Bertz CT molecular complexity index is 277. The number of rotatable bonds is 6. The summed E-state index contributed by atoms with van der Waals surface area (Å²) >= 11 is 3.75. The van der Waals surface area contributed by atoms with Crippen LogP contribution in [0, 0.1) is 13.8 Å². The first-order valence-corrected chi connectivity index (χ1v) is 7.39. The molecule has 0 amide bonds. The second kappa shape index (κ2) is 6.38. The molecule has 0 saturated carbocycles. The van der Waals surface area contributed by atoms with Crippen LogP contribution in [-0.4, -0.2) is 22.5 Å². The maximum absolute atomic E-state index is 4.48. The quantitative estimate of drug-likeness (QED) is 0.772. The second-order valence-electron chi connectivity index (χ2n) is 3.69. The van der Waals surface area contributed by atoms with E-state index in [1.807, 2.05) is 11.8 Å². The summed E-state index contributed by atoms with van der Waals surface area (Å²) in [5.74, 6) is 2.44. The second-order valence-corrected chi connectivity index (χ2v) is 6.29. The van der Waals surface area contributed by atoms with Crippen molar-refractivity contribution in [2.24, 2.45) is 0 Å². The molecule has 2 nitrogen and oxygen atoms in total. The lowest BCUT2D eigenvalue weighted by Crippen LogP contribution is -2.15. The molecule has 0 saturated heterocycles. The third-order valence-corrected chi connectivity index (χ3v) is 4.23. The van der Waals surface area contributed by atoms with E-state index in [9.17, 15) is 0 Å². The number of hydrogen-bond donors (Lipinski definition) is 1. The van der Waals surface area contributed by atoms with Gasteiger partial charge in [-0.1, -0.05) is 6.92 Å². The minimum atomic E-state index is 0.522. The van der Waals surface area contributed by atoms with Crippen LogP contribution in [0.25, 0.3) is 0 Å². The zero-order valence-corrected chi connectivity index (χ0v) is 11.6. The molecular formula is C11H20N2S2. The summed E-state index contributed by atoms with van der Waals surface area (Å²) in [6.07, 6.45) is 1.20. The fraction of sp³-hybridized carbons (Fsp3) is 0.727. The molecule has 0 fully saturated rings. The Morgan fingerprint density at radius 1 is 1.47 bits per heavy atom. The summed E-state index contributed by atoms with van der Waals surface area (Å²) in [6.45, 7) is 8.61. The van der Waals surface area contributed by atoms with Gasteiger partial charge in [0, 0.05) is 10.9 Å². The summed E-state index contributed by atoms with van der Waals surface area (Å²) in [5.41, 5.74) is 1.15. The standard InChI is InChI=1S/C11H20N2S2/c1-5-14-7-6-8(2)12-11-13-9(3)10(4)15-11/h8H,5-7H2,1-4H3,(H,12,13). The Labute approximate surface area is 101 Å². The normalized spacial score (nSPS) is 12.8.